The molecule has 150 valence electrons. The Balaban J connectivity index is 1.83. The lowest BCUT2D eigenvalue weighted by Gasteiger charge is -2.18. The average Bonchev–Trinajstić information content (AvgIpc) is 2.66. The van der Waals surface area contributed by atoms with Crippen LogP contribution >= 0.6 is 0 Å². The van der Waals surface area contributed by atoms with Gasteiger partial charge in [0.15, 0.2) is 6.10 Å². The average molecular weight is 393 g/mol. The Hall–Kier alpha value is -2.83. The number of ether oxygens (including phenoxy) is 1. The summed E-state index contributed by atoms with van der Waals surface area (Å²) < 4.78 is 42.7. The van der Waals surface area contributed by atoms with Crippen molar-refractivity contribution in [1.82, 2.24) is 5.32 Å². The number of hydrogen-bond donors (Lipinski definition) is 1. The first-order chi connectivity index (χ1) is 13.2. The van der Waals surface area contributed by atoms with Crippen molar-refractivity contribution in [3.05, 3.63) is 71.3 Å². The van der Waals surface area contributed by atoms with Crippen molar-refractivity contribution in [3.8, 4) is 0 Å². The molecular weight excluding hydrogens is 371 g/mol. The van der Waals surface area contributed by atoms with Crippen molar-refractivity contribution in [3.63, 3.8) is 0 Å². The molecule has 0 saturated carbocycles. The standard InChI is InChI=1S/C21H22F3NO3/c1-14(8-9-16-6-4-3-5-7-16)25-19(26)15(2)28-20(27)17-10-12-18(13-11-17)21(22,23)24/h3-7,10-15H,8-9H2,1-2H3,(H,25,26)/t14-,15+/m0/s1. The van der Waals surface area contributed by atoms with Crippen LogP contribution in [0.1, 0.15) is 41.8 Å². The number of benzene rings is 2. The van der Waals surface area contributed by atoms with Crippen LogP contribution in [0.2, 0.25) is 0 Å². The van der Waals surface area contributed by atoms with Crippen LogP contribution in [0, 0.1) is 0 Å². The van der Waals surface area contributed by atoms with E-state index in [1.807, 2.05) is 37.3 Å². The highest BCUT2D eigenvalue weighted by Crippen LogP contribution is 2.29. The lowest BCUT2D eigenvalue weighted by molar-refractivity contribution is -0.137. The van der Waals surface area contributed by atoms with Crippen LogP contribution in [0.15, 0.2) is 54.6 Å². The van der Waals surface area contributed by atoms with Gasteiger partial charge in [0, 0.05) is 6.04 Å². The quantitative estimate of drug-likeness (QED) is 0.710. The van der Waals surface area contributed by atoms with Gasteiger partial charge in [-0.15, -0.1) is 0 Å². The molecule has 4 nitrogen and oxygen atoms in total. The second-order valence-electron chi connectivity index (χ2n) is 6.56. The van der Waals surface area contributed by atoms with Crippen molar-refractivity contribution < 1.29 is 27.5 Å². The molecule has 1 amide bonds. The van der Waals surface area contributed by atoms with Gasteiger partial charge in [-0.05, 0) is 56.5 Å². The molecule has 0 aliphatic heterocycles. The molecule has 0 radical (unpaired) electrons. The summed E-state index contributed by atoms with van der Waals surface area (Å²) >= 11 is 0. The molecule has 0 spiro atoms. The first kappa shape index (κ1) is 21.5. The molecule has 0 fully saturated rings. The molecule has 0 bridgehead atoms. The van der Waals surface area contributed by atoms with E-state index in [4.69, 9.17) is 4.74 Å². The maximum absolute atomic E-state index is 12.6. The number of carbonyl (C=O) groups excluding carboxylic acids is 2. The third-order valence-corrected chi connectivity index (χ3v) is 4.20. The van der Waals surface area contributed by atoms with Crippen LogP contribution in [-0.2, 0) is 22.1 Å². The van der Waals surface area contributed by atoms with Crippen molar-refractivity contribution in [1.29, 1.82) is 0 Å². The number of rotatable bonds is 7. The molecule has 0 aliphatic carbocycles. The molecule has 1 N–H and O–H groups in total. The fourth-order valence-electron chi connectivity index (χ4n) is 2.54. The zero-order valence-electron chi connectivity index (χ0n) is 15.6. The molecule has 0 heterocycles. The number of esters is 1. The van der Waals surface area contributed by atoms with Crippen molar-refractivity contribution >= 4 is 11.9 Å². The van der Waals surface area contributed by atoms with E-state index >= 15 is 0 Å². The Morgan fingerprint density at radius 3 is 2.18 bits per heavy atom. The number of alkyl halides is 3. The largest absolute Gasteiger partial charge is 0.449 e. The number of carbonyl (C=O) groups is 2. The number of nitrogens with one attached hydrogen (secondary N) is 1. The monoisotopic (exact) mass is 393 g/mol. The Morgan fingerprint density at radius 2 is 1.61 bits per heavy atom. The third-order valence-electron chi connectivity index (χ3n) is 4.20. The Labute approximate surface area is 161 Å². The lowest BCUT2D eigenvalue weighted by Crippen LogP contribution is -2.41. The minimum Gasteiger partial charge on any atom is -0.449 e. The number of amides is 1. The predicted molar refractivity (Wildman–Crippen MR) is 98.7 cm³/mol. The molecule has 0 unspecified atom stereocenters. The summed E-state index contributed by atoms with van der Waals surface area (Å²) in [6, 6.07) is 13.4. The zero-order chi connectivity index (χ0) is 20.7. The topological polar surface area (TPSA) is 55.4 Å². The molecule has 7 heteroatoms. The third kappa shape index (κ3) is 6.40. The fraction of sp³-hybridized carbons (Fsp3) is 0.333. The van der Waals surface area contributed by atoms with Gasteiger partial charge < -0.3 is 10.1 Å². The number of hydrogen-bond acceptors (Lipinski definition) is 3. The lowest BCUT2D eigenvalue weighted by atomic mass is 10.1. The first-order valence-electron chi connectivity index (χ1n) is 8.89. The van der Waals surface area contributed by atoms with Gasteiger partial charge in [-0.3, -0.25) is 4.79 Å². The highest BCUT2D eigenvalue weighted by molar-refractivity contribution is 5.92. The van der Waals surface area contributed by atoms with Crippen molar-refractivity contribution in [2.24, 2.45) is 0 Å². The van der Waals surface area contributed by atoms with Gasteiger partial charge in [0.25, 0.3) is 5.91 Å². The summed E-state index contributed by atoms with van der Waals surface area (Å²) in [5.41, 5.74) is 0.247. The van der Waals surface area contributed by atoms with Gasteiger partial charge in [0.1, 0.15) is 0 Å². The van der Waals surface area contributed by atoms with E-state index in [9.17, 15) is 22.8 Å². The molecule has 0 saturated heterocycles. The maximum Gasteiger partial charge on any atom is 0.416 e. The highest BCUT2D eigenvalue weighted by Gasteiger charge is 2.30. The Morgan fingerprint density at radius 1 is 1.00 bits per heavy atom. The van der Waals surface area contributed by atoms with Gasteiger partial charge in [0.05, 0.1) is 11.1 Å². The van der Waals surface area contributed by atoms with Crippen molar-refractivity contribution in [2.45, 2.75) is 45.0 Å². The Kier molecular flexibility index (Phi) is 7.20. The van der Waals surface area contributed by atoms with Gasteiger partial charge in [0.2, 0.25) is 0 Å². The second-order valence-corrected chi connectivity index (χ2v) is 6.56. The molecular formula is C21H22F3NO3. The SMILES string of the molecule is C[C@@H](CCc1ccccc1)NC(=O)[C@@H](C)OC(=O)c1ccc(C(F)(F)F)cc1. The van der Waals surface area contributed by atoms with Gasteiger partial charge in [-0.25, -0.2) is 4.79 Å². The van der Waals surface area contributed by atoms with Gasteiger partial charge in [-0.2, -0.15) is 13.2 Å². The van der Waals surface area contributed by atoms with Crippen LogP contribution in [0.3, 0.4) is 0 Å². The molecule has 2 aromatic rings. The summed E-state index contributed by atoms with van der Waals surface area (Å²) in [5, 5.41) is 2.77. The van der Waals surface area contributed by atoms with Crippen LogP contribution in [0.4, 0.5) is 13.2 Å². The van der Waals surface area contributed by atoms with E-state index in [1.165, 1.54) is 6.92 Å². The second kappa shape index (κ2) is 9.39. The van der Waals surface area contributed by atoms with Crippen LogP contribution in [-0.4, -0.2) is 24.0 Å². The maximum atomic E-state index is 12.6. The van der Waals surface area contributed by atoms with Crippen molar-refractivity contribution in [2.75, 3.05) is 0 Å². The Bertz CT molecular complexity index is 789. The smallest absolute Gasteiger partial charge is 0.416 e. The fourth-order valence-corrected chi connectivity index (χ4v) is 2.54. The molecule has 2 rings (SSSR count). The molecule has 2 aromatic carbocycles. The molecule has 2 atom stereocenters. The van der Waals surface area contributed by atoms with E-state index in [1.54, 1.807) is 0 Å². The van der Waals surface area contributed by atoms with Crippen LogP contribution in [0.25, 0.3) is 0 Å². The summed E-state index contributed by atoms with van der Waals surface area (Å²) in [5.74, 6) is -1.31. The normalized spacial score (nSPS) is 13.5. The molecule has 28 heavy (non-hydrogen) atoms. The zero-order valence-corrected chi connectivity index (χ0v) is 15.6. The van der Waals surface area contributed by atoms with E-state index in [2.05, 4.69) is 5.32 Å². The first-order valence-corrected chi connectivity index (χ1v) is 8.89. The minimum absolute atomic E-state index is 0.0511. The number of aryl methyl sites for hydroxylation is 1. The summed E-state index contributed by atoms with van der Waals surface area (Å²) in [6.07, 6.45) is -4.03. The predicted octanol–water partition coefficient (Wildman–Crippen LogP) is 4.39. The van der Waals surface area contributed by atoms with E-state index < -0.39 is 29.7 Å². The van der Waals surface area contributed by atoms with Crippen LogP contribution in [0.5, 0.6) is 0 Å². The van der Waals surface area contributed by atoms with Gasteiger partial charge in [-0.1, -0.05) is 30.3 Å². The van der Waals surface area contributed by atoms with E-state index in [0.717, 1.165) is 42.7 Å². The molecule has 0 aliphatic rings. The highest BCUT2D eigenvalue weighted by atomic mass is 19.4. The summed E-state index contributed by atoms with van der Waals surface area (Å²) in [7, 11) is 0. The van der Waals surface area contributed by atoms with E-state index in [-0.39, 0.29) is 11.6 Å². The van der Waals surface area contributed by atoms with Crippen LogP contribution < -0.4 is 5.32 Å². The summed E-state index contributed by atoms with van der Waals surface area (Å²) in [6.45, 7) is 3.27. The summed E-state index contributed by atoms with van der Waals surface area (Å²) in [4.78, 5) is 24.2. The van der Waals surface area contributed by atoms with E-state index in [0.29, 0.717) is 0 Å². The minimum atomic E-state index is -4.48. The molecule has 0 aromatic heterocycles. The van der Waals surface area contributed by atoms with Gasteiger partial charge >= 0.3 is 12.1 Å². The number of halogens is 3.